The normalized spacial score (nSPS) is 15.7. The monoisotopic (exact) mass is 374 g/mol. The van der Waals surface area contributed by atoms with Crippen LogP contribution in [0, 0.1) is 11.7 Å². The van der Waals surface area contributed by atoms with Crippen molar-refractivity contribution in [2.45, 2.75) is 33.2 Å². The highest BCUT2D eigenvalue weighted by Crippen LogP contribution is 2.25. The molecule has 1 aliphatic rings. The number of amides is 2. The molecule has 0 saturated heterocycles. The molecule has 0 saturated carbocycles. The Labute approximate surface area is 156 Å². The van der Waals surface area contributed by atoms with Gasteiger partial charge in [0.15, 0.2) is 11.6 Å². The lowest BCUT2D eigenvalue weighted by molar-refractivity contribution is -0.119. The van der Waals surface area contributed by atoms with Crippen molar-refractivity contribution in [1.29, 1.82) is 0 Å². The van der Waals surface area contributed by atoms with Crippen molar-refractivity contribution in [3.63, 3.8) is 0 Å². The van der Waals surface area contributed by atoms with Gasteiger partial charge >= 0.3 is 0 Å². The Morgan fingerprint density at radius 2 is 2.22 bits per heavy atom. The molecule has 1 aromatic heterocycles. The number of halogens is 1. The third-order valence-electron chi connectivity index (χ3n) is 4.55. The van der Waals surface area contributed by atoms with Gasteiger partial charge in [0, 0.05) is 31.8 Å². The summed E-state index contributed by atoms with van der Waals surface area (Å²) in [6, 6.07) is 4.32. The maximum Gasteiger partial charge on any atom is 0.259 e. The Morgan fingerprint density at radius 3 is 2.93 bits per heavy atom. The van der Waals surface area contributed by atoms with Crippen LogP contribution in [0.3, 0.4) is 0 Å². The number of ether oxygens (including phenoxy) is 1. The fourth-order valence-electron chi connectivity index (χ4n) is 3.20. The fourth-order valence-corrected chi connectivity index (χ4v) is 3.20. The van der Waals surface area contributed by atoms with E-state index in [9.17, 15) is 14.0 Å². The van der Waals surface area contributed by atoms with Gasteiger partial charge < -0.3 is 15.4 Å². The second-order valence-corrected chi connectivity index (χ2v) is 6.56. The first kappa shape index (κ1) is 18.9. The first-order valence-corrected chi connectivity index (χ1v) is 9.00. The van der Waals surface area contributed by atoms with Crippen molar-refractivity contribution in [2.75, 3.05) is 18.5 Å². The molecule has 0 bridgehead atoms. The Hall–Kier alpha value is -2.90. The summed E-state index contributed by atoms with van der Waals surface area (Å²) in [6.45, 7) is 4.90. The van der Waals surface area contributed by atoms with Gasteiger partial charge in [-0.15, -0.1) is 0 Å². The Morgan fingerprint density at radius 1 is 1.41 bits per heavy atom. The fraction of sp³-hybridized carbons (Fsp3) is 0.421. The van der Waals surface area contributed by atoms with E-state index in [1.165, 1.54) is 25.3 Å². The number of benzene rings is 1. The van der Waals surface area contributed by atoms with Gasteiger partial charge in [-0.05, 0) is 37.8 Å². The molecular weight excluding hydrogens is 351 g/mol. The van der Waals surface area contributed by atoms with Crippen LogP contribution < -0.4 is 15.4 Å². The molecule has 0 spiro atoms. The number of aromatic nitrogens is 2. The molecule has 2 heterocycles. The van der Waals surface area contributed by atoms with Gasteiger partial charge in [-0.3, -0.25) is 14.3 Å². The molecule has 1 atom stereocenters. The molecule has 2 amide bonds. The lowest BCUT2D eigenvalue weighted by Gasteiger charge is -2.24. The van der Waals surface area contributed by atoms with Crippen LogP contribution in [0.2, 0.25) is 0 Å². The lowest BCUT2D eigenvalue weighted by Crippen LogP contribution is -2.32. The van der Waals surface area contributed by atoms with E-state index in [4.69, 9.17) is 4.74 Å². The Kier molecular flexibility index (Phi) is 5.73. The molecule has 144 valence electrons. The van der Waals surface area contributed by atoms with E-state index in [-0.39, 0.29) is 23.5 Å². The number of nitrogens with one attached hydrogen (secondary N) is 2. The van der Waals surface area contributed by atoms with Crippen molar-refractivity contribution in [3.8, 4) is 5.75 Å². The molecule has 2 N–H and O–H groups in total. The van der Waals surface area contributed by atoms with Gasteiger partial charge in [0.05, 0.1) is 24.1 Å². The number of anilines is 1. The van der Waals surface area contributed by atoms with Crippen molar-refractivity contribution >= 4 is 17.5 Å². The first-order valence-electron chi connectivity index (χ1n) is 9.00. The van der Waals surface area contributed by atoms with E-state index in [0.717, 1.165) is 12.1 Å². The van der Waals surface area contributed by atoms with E-state index in [1.807, 2.05) is 4.68 Å². The van der Waals surface area contributed by atoms with E-state index in [1.54, 1.807) is 13.0 Å². The van der Waals surface area contributed by atoms with Crippen LogP contribution in [0.5, 0.6) is 5.75 Å². The van der Waals surface area contributed by atoms with Crippen molar-refractivity contribution < 1.29 is 18.7 Å². The average molecular weight is 374 g/mol. The Balaban J connectivity index is 1.71. The molecule has 2 aromatic rings. The SMILES string of the molecule is CCOc1ccc(NC(=O)c2cnn3c2C[C@@H](CNC(C)=O)CC3)cc1F. The highest BCUT2D eigenvalue weighted by molar-refractivity contribution is 6.05. The summed E-state index contributed by atoms with van der Waals surface area (Å²) in [5.41, 5.74) is 1.66. The minimum Gasteiger partial charge on any atom is -0.491 e. The zero-order valence-corrected chi connectivity index (χ0v) is 15.4. The summed E-state index contributed by atoms with van der Waals surface area (Å²) < 4.78 is 21.0. The molecule has 1 aliphatic heterocycles. The zero-order valence-electron chi connectivity index (χ0n) is 15.4. The number of rotatable bonds is 6. The van der Waals surface area contributed by atoms with Crippen molar-refractivity contribution in [3.05, 3.63) is 41.5 Å². The van der Waals surface area contributed by atoms with Crippen LogP contribution in [-0.2, 0) is 17.8 Å². The predicted molar refractivity (Wildman–Crippen MR) is 98.2 cm³/mol. The van der Waals surface area contributed by atoms with Gasteiger partial charge in [-0.25, -0.2) is 4.39 Å². The average Bonchev–Trinajstić information content (AvgIpc) is 3.05. The highest BCUT2D eigenvalue weighted by Gasteiger charge is 2.25. The Bertz CT molecular complexity index is 849. The minimum atomic E-state index is -0.526. The van der Waals surface area contributed by atoms with Crippen molar-refractivity contribution in [1.82, 2.24) is 15.1 Å². The van der Waals surface area contributed by atoms with Gasteiger partial charge in [0.2, 0.25) is 5.91 Å². The quantitative estimate of drug-likeness (QED) is 0.813. The van der Waals surface area contributed by atoms with E-state index < -0.39 is 5.82 Å². The summed E-state index contributed by atoms with van der Waals surface area (Å²) in [6.07, 6.45) is 3.08. The number of carbonyl (C=O) groups is 2. The number of nitrogens with zero attached hydrogens (tertiary/aromatic N) is 2. The summed E-state index contributed by atoms with van der Waals surface area (Å²) in [7, 11) is 0. The molecule has 0 aliphatic carbocycles. The third kappa shape index (κ3) is 4.45. The molecular formula is C19H23FN4O3. The number of fused-ring (bicyclic) bond motifs is 1. The summed E-state index contributed by atoms with van der Waals surface area (Å²) in [5, 5.41) is 9.82. The minimum absolute atomic E-state index is 0.0652. The van der Waals surface area contributed by atoms with E-state index in [0.29, 0.717) is 37.4 Å². The maximum absolute atomic E-state index is 14.0. The third-order valence-corrected chi connectivity index (χ3v) is 4.55. The van der Waals surface area contributed by atoms with Crippen molar-refractivity contribution in [2.24, 2.45) is 5.92 Å². The summed E-state index contributed by atoms with van der Waals surface area (Å²) in [5.74, 6) is -0.515. The molecule has 27 heavy (non-hydrogen) atoms. The topological polar surface area (TPSA) is 85.2 Å². The molecule has 7 nitrogen and oxygen atoms in total. The molecule has 0 radical (unpaired) electrons. The van der Waals surface area contributed by atoms with Crippen LogP contribution in [0.1, 0.15) is 36.3 Å². The molecule has 0 fully saturated rings. The second kappa shape index (κ2) is 8.20. The largest absolute Gasteiger partial charge is 0.491 e. The van der Waals surface area contributed by atoms with E-state index >= 15 is 0 Å². The number of carbonyl (C=O) groups excluding carboxylic acids is 2. The standard InChI is InChI=1S/C19H23FN4O3/c1-3-27-18-5-4-14(9-16(18)20)23-19(26)15-11-22-24-7-6-13(8-17(15)24)10-21-12(2)25/h4-5,9,11,13H,3,6-8,10H2,1-2H3,(H,21,25)(H,23,26)/t13-/m0/s1. The smallest absolute Gasteiger partial charge is 0.259 e. The van der Waals surface area contributed by atoms with Crippen LogP contribution >= 0.6 is 0 Å². The summed E-state index contributed by atoms with van der Waals surface area (Å²) >= 11 is 0. The molecule has 8 heteroatoms. The van der Waals surface area contributed by atoms with Crippen LogP contribution in [-0.4, -0.2) is 34.7 Å². The van der Waals surface area contributed by atoms with Gasteiger partial charge in [0.25, 0.3) is 5.91 Å². The lowest BCUT2D eigenvalue weighted by atomic mass is 9.94. The van der Waals surface area contributed by atoms with Crippen LogP contribution in [0.4, 0.5) is 10.1 Å². The van der Waals surface area contributed by atoms with Crippen LogP contribution in [0.25, 0.3) is 0 Å². The predicted octanol–water partition coefficient (Wildman–Crippen LogP) is 2.37. The van der Waals surface area contributed by atoms with Gasteiger partial charge in [-0.1, -0.05) is 0 Å². The van der Waals surface area contributed by atoms with Gasteiger partial charge in [0.1, 0.15) is 0 Å². The zero-order chi connectivity index (χ0) is 19.4. The second-order valence-electron chi connectivity index (χ2n) is 6.56. The summed E-state index contributed by atoms with van der Waals surface area (Å²) in [4.78, 5) is 23.8. The number of hydrogen-bond donors (Lipinski definition) is 2. The van der Waals surface area contributed by atoms with Crippen LogP contribution in [0.15, 0.2) is 24.4 Å². The highest BCUT2D eigenvalue weighted by atomic mass is 19.1. The maximum atomic E-state index is 14.0. The first-order chi connectivity index (χ1) is 13.0. The number of aryl methyl sites for hydroxylation is 1. The number of hydrogen-bond acceptors (Lipinski definition) is 4. The molecule has 1 aromatic carbocycles. The van der Waals surface area contributed by atoms with Gasteiger partial charge in [-0.2, -0.15) is 5.10 Å². The molecule has 0 unspecified atom stereocenters. The molecule has 3 rings (SSSR count). The van der Waals surface area contributed by atoms with E-state index in [2.05, 4.69) is 15.7 Å².